The third-order valence-electron chi connectivity index (χ3n) is 3.56. The second-order valence-corrected chi connectivity index (χ2v) is 6.08. The summed E-state index contributed by atoms with van der Waals surface area (Å²) in [7, 11) is 0. The first-order valence-electron chi connectivity index (χ1n) is 6.94. The van der Waals surface area contributed by atoms with Crippen LogP contribution in [-0.4, -0.2) is 29.7 Å². The Hall–Kier alpha value is -1.40. The maximum Gasteiger partial charge on any atom is 0.337 e. The molecule has 0 spiro atoms. The zero-order valence-electron chi connectivity index (χ0n) is 11.8. The topological polar surface area (TPSA) is 75.6 Å². The van der Waals surface area contributed by atoms with Gasteiger partial charge in [0.25, 0.3) is 0 Å². The van der Waals surface area contributed by atoms with Gasteiger partial charge in [-0.15, -0.1) is 0 Å². The largest absolute Gasteiger partial charge is 0.478 e. The van der Waals surface area contributed by atoms with Crippen molar-refractivity contribution in [2.24, 2.45) is 5.92 Å². The van der Waals surface area contributed by atoms with Crippen LogP contribution < -0.4 is 5.32 Å². The molecule has 1 aliphatic rings. The summed E-state index contributed by atoms with van der Waals surface area (Å²) in [6, 6.07) is 4.71. The molecule has 0 saturated heterocycles. The third kappa shape index (κ3) is 4.28. The highest BCUT2D eigenvalue weighted by molar-refractivity contribution is 9.10. The minimum atomic E-state index is -1.06. The second-order valence-electron chi connectivity index (χ2n) is 5.16. The Morgan fingerprint density at radius 2 is 2.14 bits per heavy atom. The molecule has 1 amide bonds. The molecule has 0 radical (unpaired) electrons. The summed E-state index contributed by atoms with van der Waals surface area (Å²) < 4.78 is 6.18. The van der Waals surface area contributed by atoms with Gasteiger partial charge < -0.3 is 15.2 Å². The molecule has 0 aliphatic heterocycles. The highest BCUT2D eigenvalue weighted by Crippen LogP contribution is 2.33. The van der Waals surface area contributed by atoms with E-state index in [1.54, 1.807) is 12.1 Å². The molecule has 2 rings (SSSR count). The molecule has 1 saturated carbocycles. The Morgan fingerprint density at radius 3 is 2.76 bits per heavy atom. The summed E-state index contributed by atoms with van der Waals surface area (Å²) in [4.78, 5) is 23.1. The Labute approximate surface area is 131 Å². The highest BCUT2D eigenvalue weighted by Gasteiger charge is 2.31. The molecular formula is C15H18BrNO4. The molecule has 6 heteroatoms. The van der Waals surface area contributed by atoms with E-state index in [0.717, 1.165) is 17.3 Å². The summed E-state index contributed by atoms with van der Waals surface area (Å²) in [6.45, 7) is 2.66. The minimum Gasteiger partial charge on any atom is -0.478 e. The number of anilines is 1. The van der Waals surface area contributed by atoms with E-state index in [4.69, 9.17) is 9.84 Å². The number of ether oxygens (including phenoxy) is 1. The van der Waals surface area contributed by atoms with Crippen LogP contribution in [0.2, 0.25) is 0 Å². The average molecular weight is 356 g/mol. The number of nitrogens with one attached hydrogen (secondary N) is 1. The quantitative estimate of drug-likeness (QED) is 0.820. The van der Waals surface area contributed by atoms with Gasteiger partial charge in [0.15, 0.2) is 0 Å². The monoisotopic (exact) mass is 355 g/mol. The molecule has 0 heterocycles. The zero-order chi connectivity index (χ0) is 15.4. The van der Waals surface area contributed by atoms with Gasteiger partial charge in [0, 0.05) is 17.5 Å². The van der Waals surface area contributed by atoms with Gasteiger partial charge >= 0.3 is 5.97 Å². The fourth-order valence-electron chi connectivity index (χ4n) is 2.48. The fourth-order valence-corrected chi connectivity index (χ4v) is 2.84. The predicted octanol–water partition coefficient (Wildman–Crippen LogP) is 3.29. The van der Waals surface area contributed by atoms with Crippen LogP contribution in [0, 0.1) is 5.92 Å². The third-order valence-corrected chi connectivity index (χ3v) is 4.05. The van der Waals surface area contributed by atoms with Crippen molar-refractivity contribution in [2.45, 2.75) is 32.3 Å². The summed E-state index contributed by atoms with van der Waals surface area (Å²) >= 11 is 3.28. The number of aromatic carboxylic acids is 1. The lowest BCUT2D eigenvalue weighted by Crippen LogP contribution is -2.34. The molecule has 1 aromatic rings. The van der Waals surface area contributed by atoms with Gasteiger partial charge in [0.05, 0.1) is 17.4 Å². The summed E-state index contributed by atoms with van der Waals surface area (Å²) in [5.74, 6) is -0.893. The smallest absolute Gasteiger partial charge is 0.337 e. The van der Waals surface area contributed by atoms with Gasteiger partial charge in [0.1, 0.15) is 0 Å². The molecule has 1 aromatic carbocycles. The summed E-state index contributed by atoms with van der Waals surface area (Å²) in [6.07, 6.45) is 2.46. The zero-order valence-corrected chi connectivity index (χ0v) is 13.4. The number of carbonyl (C=O) groups is 2. The van der Waals surface area contributed by atoms with E-state index in [9.17, 15) is 9.59 Å². The standard InChI is InChI=1S/C15H18BrNO4/c1-2-21-11-5-9(6-11)7-14(18)17-13-8-10(16)3-4-12(13)15(19)20/h3-4,8-9,11H,2,5-7H2,1H3,(H,17,18)(H,19,20). The van der Waals surface area contributed by atoms with E-state index >= 15 is 0 Å². The van der Waals surface area contributed by atoms with E-state index in [1.807, 2.05) is 6.92 Å². The number of carbonyl (C=O) groups excluding carboxylic acids is 1. The van der Waals surface area contributed by atoms with Crippen LogP contribution in [0.15, 0.2) is 22.7 Å². The molecule has 1 aliphatic carbocycles. The Balaban J connectivity index is 1.91. The summed E-state index contributed by atoms with van der Waals surface area (Å²) in [5.41, 5.74) is 0.412. The van der Waals surface area contributed by atoms with Crippen LogP contribution in [-0.2, 0) is 9.53 Å². The highest BCUT2D eigenvalue weighted by atomic mass is 79.9. The van der Waals surface area contributed by atoms with E-state index in [0.29, 0.717) is 24.6 Å². The number of hydrogen-bond acceptors (Lipinski definition) is 3. The molecule has 0 atom stereocenters. The van der Waals surface area contributed by atoms with Gasteiger partial charge in [-0.2, -0.15) is 0 Å². The van der Waals surface area contributed by atoms with Crippen molar-refractivity contribution in [1.82, 2.24) is 0 Å². The number of rotatable bonds is 6. The maximum absolute atomic E-state index is 12.0. The van der Waals surface area contributed by atoms with Crippen molar-refractivity contribution in [3.63, 3.8) is 0 Å². The van der Waals surface area contributed by atoms with Crippen LogP contribution in [0.25, 0.3) is 0 Å². The summed E-state index contributed by atoms with van der Waals surface area (Å²) in [5, 5.41) is 11.8. The molecular weight excluding hydrogens is 338 g/mol. The Bertz CT molecular complexity index is 540. The predicted molar refractivity (Wildman–Crippen MR) is 82.5 cm³/mol. The van der Waals surface area contributed by atoms with Gasteiger partial charge in [-0.3, -0.25) is 4.79 Å². The first-order valence-corrected chi connectivity index (χ1v) is 7.73. The normalized spacial score (nSPS) is 20.7. The second kappa shape index (κ2) is 7.04. The van der Waals surface area contributed by atoms with Crippen LogP contribution >= 0.6 is 15.9 Å². The fraction of sp³-hybridized carbons (Fsp3) is 0.467. The first kappa shape index (κ1) is 16.0. The number of amides is 1. The van der Waals surface area contributed by atoms with Crippen molar-refractivity contribution in [2.75, 3.05) is 11.9 Å². The van der Waals surface area contributed by atoms with Gasteiger partial charge in [-0.05, 0) is 43.9 Å². The number of halogens is 1. The molecule has 2 N–H and O–H groups in total. The Kier molecular flexibility index (Phi) is 5.36. The molecule has 0 aromatic heterocycles. The van der Waals surface area contributed by atoms with Crippen LogP contribution in [0.5, 0.6) is 0 Å². The lowest BCUT2D eigenvalue weighted by Gasteiger charge is -2.34. The number of hydrogen-bond donors (Lipinski definition) is 2. The van der Waals surface area contributed by atoms with Gasteiger partial charge in [-0.25, -0.2) is 4.79 Å². The van der Waals surface area contributed by atoms with Crippen molar-refractivity contribution in [3.8, 4) is 0 Å². The number of carboxylic acids is 1. The van der Waals surface area contributed by atoms with Crippen molar-refractivity contribution < 1.29 is 19.4 Å². The van der Waals surface area contributed by atoms with Gasteiger partial charge in [0.2, 0.25) is 5.91 Å². The molecule has 114 valence electrons. The van der Waals surface area contributed by atoms with Crippen LogP contribution in [0.4, 0.5) is 5.69 Å². The molecule has 0 bridgehead atoms. The first-order chi connectivity index (χ1) is 9.99. The van der Waals surface area contributed by atoms with Crippen molar-refractivity contribution in [1.29, 1.82) is 0 Å². The Morgan fingerprint density at radius 1 is 1.43 bits per heavy atom. The van der Waals surface area contributed by atoms with E-state index < -0.39 is 5.97 Å². The van der Waals surface area contributed by atoms with E-state index in [-0.39, 0.29) is 17.6 Å². The average Bonchev–Trinajstić information content (AvgIpc) is 2.36. The van der Waals surface area contributed by atoms with E-state index in [1.165, 1.54) is 6.07 Å². The van der Waals surface area contributed by atoms with Crippen molar-refractivity contribution >= 4 is 33.5 Å². The lowest BCUT2D eigenvalue weighted by molar-refractivity contribution is -0.119. The number of carboxylic acid groups (broad SMARTS) is 1. The van der Waals surface area contributed by atoms with E-state index in [2.05, 4.69) is 21.2 Å². The number of benzene rings is 1. The maximum atomic E-state index is 12.0. The molecule has 0 unspecified atom stereocenters. The van der Waals surface area contributed by atoms with Crippen LogP contribution in [0.3, 0.4) is 0 Å². The molecule has 1 fully saturated rings. The molecule has 21 heavy (non-hydrogen) atoms. The van der Waals surface area contributed by atoms with Crippen LogP contribution in [0.1, 0.15) is 36.5 Å². The van der Waals surface area contributed by atoms with Gasteiger partial charge in [-0.1, -0.05) is 15.9 Å². The molecule has 5 nitrogen and oxygen atoms in total. The van der Waals surface area contributed by atoms with Crippen molar-refractivity contribution in [3.05, 3.63) is 28.2 Å². The lowest BCUT2D eigenvalue weighted by atomic mass is 9.80. The SMILES string of the molecule is CCOC1CC(CC(=O)Nc2cc(Br)ccc2C(=O)O)C1. The minimum absolute atomic E-state index is 0.0901.